The molecule has 0 saturated heterocycles. The summed E-state index contributed by atoms with van der Waals surface area (Å²) in [7, 11) is 0. The summed E-state index contributed by atoms with van der Waals surface area (Å²) in [5.41, 5.74) is 0.0980. The third-order valence-corrected chi connectivity index (χ3v) is 7.92. The first-order valence-corrected chi connectivity index (χ1v) is 13.7. The Bertz CT molecular complexity index is 876. The first-order chi connectivity index (χ1) is 16.9. The van der Waals surface area contributed by atoms with E-state index in [9.17, 15) is 34.8 Å². The Morgan fingerprint density at radius 2 is 1.06 bits per heavy atom. The molecule has 0 aliphatic rings. The zero-order valence-electron chi connectivity index (χ0n) is 18.7. The number of benzene rings is 1. The molecule has 36 heavy (non-hydrogen) atoms. The lowest BCUT2D eigenvalue weighted by molar-refractivity contribution is -0.118. The van der Waals surface area contributed by atoms with Crippen molar-refractivity contribution in [2.75, 3.05) is 38.2 Å². The van der Waals surface area contributed by atoms with Gasteiger partial charge in [-0.25, -0.2) is 0 Å². The Hall–Kier alpha value is -0.460. The monoisotopic (exact) mass is 851 g/mol. The number of anilines is 1. The Morgan fingerprint density at radius 1 is 0.667 bits per heavy atom. The molecular weight excluding hydrogens is 823 g/mol. The summed E-state index contributed by atoms with van der Waals surface area (Å²) in [5.74, 6) is -2.18. The minimum absolute atomic E-state index is 0.00108. The number of carbonyl (C=O) groups excluding carboxylic acids is 3. The van der Waals surface area contributed by atoms with Crippen LogP contribution in [0.2, 0.25) is 0 Å². The van der Waals surface area contributed by atoms with E-state index in [1.165, 1.54) is 0 Å². The van der Waals surface area contributed by atoms with Crippen LogP contribution in [-0.2, 0) is 4.79 Å². The van der Waals surface area contributed by atoms with Crippen molar-refractivity contribution in [3.8, 4) is 0 Å². The quantitative estimate of drug-likeness (QED) is 0.0936. The Kier molecular flexibility index (Phi) is 15.4. The summed E-state index contributed by atoms with van der Waals surface area (Å²) in [6.45, 7) is -2.50. The van der Waals surface area contributed by atoms with Crippen molar-refractivity contribution < 1.29 is 50.1 Å². The number of aliphatic hydroxyl groups excluding tert-OH is 7. The lowest BCUT2D eigenvalue weighted by Gasteiger charge is -2.21. The molecule has 4 unspecified atom stereocenters. The van der Waals surface area contributed by atoms with Crippen molar-refractivity contribution in [2.45, 2.75) is 37.3 Å². The minimum atomic E-state index is -1.17. The van der Waals surface area contributed by atoms with Crippen molar-refractivity contribution in [2.24, 2.45) is 0 Å². The fourth-order valence-electron chi connectivity index (χ4n) is 2.89. The van der Waals surface area contributed by atoms with Crippen molar-refractivity contribution in [3.05, 3.63) is 21.8 Å². The van der Waals surface area contributed by atoms with Crippen LogP contribution in [0.1, 0.15) is 33.6 Å². The number of hydrogen-bond acceptors (Lipinski definition) is 10. The van der Waals surface area contributed by atoms with E-state index in [0.29, 0.717) is 0 Å². The highest BCUT2D eigenvalue weighted by molar-refractivity contribution is 14.1. The number of hydrogen-bond donors (Lipinski definition) is 10. The molecule has 0 saturated carbocycles. The summed E-state index contributed by atoms with van der Waals surface area (Å²) in [6, 6.07) is 0. The number of aliphatic hydroxyl groups is 7. The zero-order chi connectivity index (χ0) is 27.6. The van der Waals surface area contributed by atoms with Crippen molar-refractivity contribution in [1.82, 2.24) is 10.6 Å². The summed E-state index contributed by atoms with van der Waals surface area (Å²) >= 11 is 5.39. The van der Waals surface area contributed by atoms with Gasteiger partial charge in [0.05, 0.1) is 61.6 Å². The Morgan fingerprint density at radius 3 is 1.39 bits per heavy atom. The molecular formula is C20H28I3N3O10. The van der Waals surface area contributed by atoms with Crippen LogP contribution >= 0.6 is 67.8 Å². The fourth-order valence-corrected chi connectivity index (χ4v) is 7.31. The van der Waals surface area contributed by atoms with E-state index in [1.807, 2.05) is 0 Å². The van der Waals surface area contributed by atoms with Gasteiger partial charge in [-0.15, -0.1) is 0 Å². The molecule has 1 aromatic carbocycles. The SMILES string of the molecule is O=C(CO)Nc1c(I)c(C(=O)NCC(O)CC(O)CO)c(I)c(C(=O)NCC(O)CC(O)CO)c1I. The number of carbonyl (C=O) groups is 3. The van der Waals surface area contributed by atoms with Crippen LogP contribution in [0.15, 0.2) is 0 Å². The first-order valence-electron chi connectivity index (χ1n) is 10.5. The summed E-state index contributed by atoms with van der Waals surface area (Å²) in [4.78, 5) is 38.0. The molecule has 10 N–H and O–H groups in total. The van der Waals surface area contributed by atoms with Gasteiger partial charge in [0.15, 0.2) is 0 Å². The molecule has 0 heterocycles. The molecule has 204 valence electrons. The zero-order valence-corrected chi connectivity index (χ0v) is 25.2. The topological polar surface area (TPSA) is 229 Å². The van der Waals surface area contributed by atoms with E-state index in [0.717, 1.165) is 0 Å². The molecule has 1 aromatic rings. The smallest absolute Gasteiger partial charge is 0.253 e. The highest BCUT2D eigenvalue weighted by atomic mass is 127. The molecule has 0 aromatic heterocycles. The minimum Gasteiger partial charge on any atom is -0.394 e. The van der Waals surface area contributed by atoms with Gasteiger partial charge >= 0.3 is 0 Å². The number of nitrogens with one attached hydrogen (secondary N) is 3. The van der Waals surface area contributed by atoms with Crippen molar-refractivity contribution >= 4 is 91.2 Å². The van der Waals surface area contributed by atoms with E-state index in [2.05, 4.69) is 16.0 Å². The van der Waals surface area contributed by atoms with E-state index in [4.69, 9.17) is 15.3 Å². The lowest BCUT2D eigenvalue weighted by atomic mass is 10.1. The molecule has 0 radical (unpaired) electrons. The largest absolute Gasteiger partial charge is 0.394 e. The normalized spacial score (nSPS) is 14.5. The highest BCUT2D eigenvalue weighted by Gasteiger charge is 2.29. The van der Waals surface area contributed by atoms with Crippen LogP contribution < -0.4 is 16.0 Å². The first kappa shape index (κ1) is 33.6. The van der Waals surface area contributed by atoms with Gasteiger partial charge in [-0.3, -0.25) is 14.4 Å². The third-order valence-electron chi connectivity index (χ3n) is 4.69. The van der Waals surface area contributed by atoms with E-state index in [-0.39, 0.29) is 53.5 Å². The molecule has 4 atom stereocenters. The van der Waals surface area contributed by atoms with Crippen LogP contribution in [0.4, 0.5) is 5.69 Å². The standard InChI is InChI=1S/C20H28I3N3O10/c21-15-13(19(35)24-3-8(30)1-10(32)5-27)16(22)18(26-12(34)7-29)17(23)14(15)20(36)25-4-9(31)2-11(33)6-28/h8-11,27-33H,1-7H2,(H,24,35)(H,25,36)(H,26,34). The molecule has 0 fully saturated rings. The maximum absolute atomic E-state index is 13.0. The predicted octanol–water partition coefficient (Wildman–Crippen LogP) is -1.90. The number of halogens is 3. The van der Waals surface area contributed by atoms with Crippen LogP contribution in [-0.4, -0.2) is 111 Å². The molecule has 16 heteroatoms. The average molecular weight is 851 g/mol. The average Bonchev–Trinajstić information content (AvgIpc) is 2.83. The summed E-state index contributed by atoms with van der Waals surface area (Å²) in [5, 5.41) is 73.2. The van der Waals surface area contributed by atoms with Crippen molar-refractivity contribution in [1.29, 1.82) is 0 Å². The van der Waals surface area contributed by atoms with Gasteiger partial charge < -0.3 is 51.7 Å². The van der Waals surface area contributed by atoms with Gasteiger partial charge in [-0.2, -0.15) is 0 Å². The summed E-state index contributed by atoms with van der Waals surface area (Å²) < 4.78 is 0.717. The summed E-state index contributed by atoms with van der Waals surface area (Å²) in [6.07, 6.45) is -5.03. The molecule has 0 aliphatic carbocycles. The van der Waals surface area contributed by atoms with Gasteiger partial charge in [0.1, 0.15) is 6.61 Å². The second-order valence-electron chi connectivity index (χ2n) is 7.65. The van der Waals surface area contributed by atoms with E-state index in [1.54, 1.807) is 67.8 Å². The molecule has 13 nitrogen and oxygen atoms in total. The molecule has 3 amide bonds. The number of amides is 3. The van der Waals surface area contributed by atoms with Crippen LogP contribution in [0.5, 0.6) is 0 Å². The predicted molar refractivity (Wildman–Crippen MR) is 152 cm³/mol. The molecule has 1 rings (SSSR count). The molecule has 0 spiro atoms. The Balaban J connectivity index is 3.31. The highest BCUT2D eigenvalue weighted by Crippen LogP contribution is 2.35. The van der Waals surface area contributed by atoms with Gasteiger partial charge in [-0.05, 0) is 67.8 Å². The van der Waals surface area contributed by atoms with Crippen LogP contribution in [0.25, 0.3) is 0 Å². The van der Waals surface area contributed by atoms with Gasteiger partial charge in [0, 0.05) is 29.5 Å². The second kappa shape index (κ2) is 16.5. The lowest BCUT2D eigenvalue weighted by Crippen LogP contribution is -2.37. The van der Waals surface area contributed by atoms with Crippen LogP contribution in [0, 0.1) is 10.7 Å². The third kappa shape index (κ3) is 10.0. The van der Waals surface area contributed by atoms with E-state index < -0.39 is 62.0 Å². The van der Waals surface area contributed by atoms with Gasteiger partial charge in [0.2, 0.25) is 5.91 Å². The maximum atomic E-state index is 13.0. The second-order valence-corrected chi connectivity index (χ2v) is 10.9. The number of rotatable bonds is 14. The Labute approximate surface area is 247 Å². The fraction of sp³-hybridized carbons (Fsp3) is 0.550. The maximum Gasteiger partial charge on any atom is 0.253 e. The molecule has 0 aliphatic heterocycles. The van der Waals surface area contributed by atoms with Crippen molar-refractivity contribution in [3.63, 3.8) is 0 Å². The van der Waals surface area contributed by atoms with Crippen LogP contribution in [0.3, 0.4) is 0 Å². The van der Waals surface area contributed by atoms with E-state index >= 15 is 0 Å². The van der Waals surface area contributed by atoms with Gasteiger partial charge in [0.25, 0.3) is 11.8 Å². The molecule has 0 bridgehead atoms. The van der Waals surface area contributed by atoms with Gasteiger partial charge in [-0.1, -0.05) is 0 Å².